The second kappa shape index (κ2) is 4.58. The summed E-state index contributed by atoms with van der Waals surface area (Å²) < 4.78 is 0. The highest BCUT2D eigenvalue weighted by molar-refractivity contribution is 5.41. The minimum Gasteiger partial charge on any atom is -0.389 e. The van der Waals surface area contributed by atoms with Crippen molar-refractivity contribution in [2.45, 2.75) is 31.8 Å². The molecule has 1 nitrogen and oxygen atoms in total. The molecule has 0 heterocycles. The Balaban J connectivity index is 2.63. The van der Waals surface area contributed by atoms with Crippen LogP contribution in [-0.4, -0.2) is 10.7 Å². The predicted octanol–water partition coefficient (Wildman–Crippen LogP) is 3.76. The van der Waals surface area contributed by atoms with E-state index in [0.29, 0.717) is 0 Å². The predicted molar refractivity (Wildman–Crippen MR) is 75.6 cm³/mol. The van der Waals surface area contributed by atoms with Crippen LogP contribution in [-0.2, 0) is 5.41 Å². The highest BCUT2D eigenvalue weighted by Gasteiger charge is 2.42. The molecule has 0 amide bonds. The first-order chi connectivity index (χ1) is 8.46. The maximum absolute atomic E-state index is 10.6. The Morgan fingerprint density at radius 3 is 1.28 bits per heavy atom. The van der Waals surface area contributed by atoms with Gasteiger partial charge in [0.1, 0.15) is 0 Å². The van der Waals surface area contributed by atoms with Gasteiger partial charge in [0.05, 0.1) is 5.60 Å². The van der Waals surface area contributed by atoms with E-state index in [1.54, 1.807) is 0 Å². The van der Waals surface area contributed by atoms with Gasteiger partial charge in [-0.2, -0.15) is 0 Å². The molecule has 0 aromatic heterocycles. The molecule has 0 atom stereocenters. The van der Waals surface area contributed by atoms with Crippen LogP contribution >= 0.6 is 0 Å². The van der Waals surface area contributed by atoms with Crippen molar-refractivity contribution in [1.29, 1.82) is 0 Å². The third-order valence-corrected chi connectivity index (χ3v) is 3.93. The molecule has 0 fully saturated rings. The lowest BCUT2D eigenvalue weighted by Crippen LogP contribution is -2.45. The number of aliphatic hydroxyl groups is 1. The van der Waals surface area contributed by atoms with Crippen molar-refractivity contribution >= 4 is 0 Å². The van der Waals surface area contributed by atoms with Crippen molar-refractivity contribution in [3.8, 4) is 0 Å². The Kier molecular flexibility index (Phi) is 3.27. The molecule has 0 aliphatic rings. The summed E-state index contributed by atoms with van der Waals surface area (Å²) >= 11 is 0. The van der Waals surface area contributed by atoms with Gasteiger partial charge in [0, 0.05) is 5.41 Å². The molecule has 1 heteroatoms. The van der Waals surface area contributed by atoms with E-state index in [2.05, 4.69) is 31.2 Å². The zero-order valence-electron chi connectivity index (χ0n) is 11.2. The Morgan fingerprint density at radius 1 is 0.667 bits per heavy atom. The van der Waals surface area contributed by atoms with Gasteiger partial charge in [-0.25, -0.2) is 0 Å². The van der Waals surface area contributed by atoms with E-state index in [1.165, 1.54) is 0 Å². The fourth-order valence-corrected chi connectivity index (χ4v) is 2.42. The summed E-state index contributed by atoms with van der Waals surface area (Å²) in [6.07, 6.45) is 0. The molecule has 0 unspecified atom stereocenters. The van der Waals surface area contributed by atoms with Crippen LogP contribution in [0.3, 0.4) is 0 Å². The fraction of sp³-hybridized carbons (Fsp3) is 0.294. The Bertz CT molecular complexity index is 455. The zero-order valence-corrected chi connectivity index (χ0v) is 11.2. The van der Waals surface area contributed by atoms with Crippen LogP contribution in [0, 0.1) is 0 Å². The van der Waals surface area contributed by atoms with E-state index in [0.717, 1.165) is 11.1 Å². The molecule has 1 N–H and O–H groups in total. The van der Waals surface area contributed by atoms with Crippen LogP contribution < -0.4 is 0 Å². The number of benzene rings is 2. The molecular formula is C17H20O. The molecule has 2 rings (SSSR count). The maximum Gasteiger partial charge on any atom is 0.0725 e. The standard InChI is InChI=1S/C17H20O/c1-16(2,18)17(3,14-10-6-4-7-11-14)15-12-8-5-9-13-15/h4-13,18H,1-3H3. The summed E-state index contributed by atoms with van der Waals surface area (Å²) in [5.74, 6) is 0. The van der Waals surface area contributed by atoms with Gasteiger partial charge in [-0.05, 0) is 31.9 Å². The summed E-state index contributed by atoms with van der Waals surface area (Å²) in [5, 5.41) is 10.6. The number of hydrogen-bond donors (Lipinski definition) is 1. The van der Waals surface area contributed by atoms with Gasteiger partial charge in [-0.1, -0.05) is 60.7 Å². The largest absolute Gasteiger partial charge is 0.389 e. The Labute approximate surface area is 109 Å². The summed E-state index contributed by atoms with van der Waals surface area (Å²) in [6, 6.07) is 20.4. The second-order valence-corrected chi connectivity index (χ2v) is 5.42. The van der Waals surface area contributed by atoms with Gasteiger partial charge in [-0.15, -0.1) is 0 Å². The van der Waals surface area contributed by atoms with E-state index in [4.69, 9.17) is 0 Å². The molecule has 18 heavy (non-hydrogen) atoms. The van der Waals surface area contributed by atoms with Gasteiger partial charge in [0.25, 0.3) is 0 Å². The Hall–Kier alpha value is -1.60. The van der Waals surface area contributed by atoms with Gasteiger partial charge in [-0.3, -0.25) is 0 Å². The van der Waals surface area contributed by atoms with E-state index in [1.807, 2.05) is 50.2 Å². The third-order valence-electron chi connectivity index (χ3n) is 3.93. The van der Waals surface area contributed by atoms with Crippen molar-refractivity contribution in [3.63, 3.8) is 0 Å². The van der Waals surface area contributed by atoms with Crippen LogP contribution in [0.15, 0.2) is 60.7 Å². The van der Waals surface area contributed by atoms with Gasteiger partial charge in [0.2, 0.25) is 0 Å². The molecule has 2 aromatic carbocycles. The molecule has 0 spiro atoms. The first-order valence-electron chi connectivity index (χ1n) is 6.29. The highest BCUT2D eigenvalue weighted by Crippen LogP contribution is 2.41. The average Bonchev–Trinajstić information content (AvgIpc) is 2.38. The molecular weight excluding hydrogens is 220 g/mol. The Morgan fingerprint density at radius 2 is 1.00 bits per heavy atom. The first kappa shape index (κ1) is 12.8. The average molecular weight is 240 g/mol. The van der Waals surface area contributed by atoms with Gasteiger partial charge in [0.15, 0.2) is 0 Å². The van der Waals surface area contributed by atoms with Crippen molar-refractivity contribution < 1.29 is 5.11 Å². The minimum absolute atomic E-state index is 0.421. The molecule has 0 saturated carbocycles. The normalized spacial score (nSPS) is 12.4. The first-order valence-corrected chi connectivity index (χ1v) is 6.29. The van der Waals surface area contributed by atoms with Gasteiger partial charge < -0.3 is 5.11 Å². The lowest BCUT2D eigenvalue weighted by molar-refractivity contribution is 0.0197. The van der Waals surface area contributed by atoms with E-state index in [9.17, 15) is 5.11 Å². The smallest absolute Gasteiger partial charge is 0.0725 e. The molecule has 0 bridgehead atoms. The number of rotatable bonds is 3. The van der Waals surface area contributed by atoms with Crippen molar-refractivity contribution in [2.75, 3.05) is 0 Å². The zero-order chi connectivity index (χ0) is 13.2. The monoisotopic (exact) mass is 240 g/mol. The summed E-state index contributed by atoms with van der Waals surface area (Å²) in [7, 11) is 0. The summed E-state index contributed by atoms with van der Waals surface area (Å²) in [6.45, 7) is 5.83. The molecule has 0 aliphatic carbocycles. The molecule has 0 radical (unpaired) electrons. The van der Waals surface area contributed by atoms with Crippen molar-refractivity contribution in [1.82, 2.24) is 0 Å². The van der Waals surface area contributed by atoms with Crippen LogP contribution in [0.5, 0.6) is 0 Å². The van der Waals surface area contributed by atoms with E-state index >= 15 is 0 Å². The van der Waals surface area contributed by atoms with Crippen molar-refractivity contribution in [3.05, 3.63) is 71.8 Å². The van der Waals surface area contributed by atoms with Crippen LogP contribution in [0.1, 0.15) is 31.9 Å². The lowest BCUT2D eigenvalue weighted by Gasteiger charge is -2.41. The summed E-state index contributed by atoms with van der Waals surface area (Å²) in [4.78, 5) is 0. The molecule has 94 valence electrons. The maximum atomic E-state index is 10.6. The quantitative estimate of drug-likeness (QED) is 0.866. The third kappa shape index (κ3) is 2.06. The molecule has 0 saturated heterocycles. The van der Waals surface area contributed by atoms with Crippen molar-refractivity contribution in [2.24, 2.45) is 0 Å². The fourth-order valence-electron chi connectivity index (χ4n) is 2.42. The van der Waals surface area contributed by atoms with Crippen LogP contribution in [0.2, 0.25) is 0 Å². The molecule has 2 aromatic rings. The molecule has 0 aliphatic heterocycles. The number of hydrogen-bond acceptors (Lipinski definition) is 1. The van der Waals surface area contributed by atoms with E-state index in [-0.39, 0.29) is 0 Å². The second-order valence-electron chi connectivity index (χ2n) is 5.42. The summed E-state index contributed by atoms with van der Waals surface area (Å²) in [5.41, 5.74) is 0.998. The van der Waals surface area contributed by atoms with Crippen LogP contribution in [0.25, 0.3) is 0 Å². The van der Waals surface area contributed by atoms with Crippen LogP contribution in [0.4, 0.5) is 0 Å². The minimum atomic E-state index is -0.838. The van der Waals surface area contributed by atoms with E-state index < -0.39 is 11.0 Å². The SMILES string of the molecule is CC(C)(O)C(C)(c1ccccc1)c1ccccc1. The topological polar surface area (TPSA) is 20.2 Å². The lowest BCUT2D eigenvalue weighted by atomic mass is 9.66. The van der Waals surface area contributed by atoms with Gasteiger partial charge >= 0.3 is 0 Å². The highest BCUT2D eigenvalue weighted by atomic mass is 16.3.